The molecule has 1 aliphatic carbocycles. The number of ether oxygens (including phenoxy) is 1. The van der Waals surface area contributed by atoms with Gasteiger partial charge in [-0.05, 0) is 67.9 Å². The van der Waals surface area contributed by atoms with Gasteiger partial charge in [0.05, 0.1) is 16.6 Å². The first-order valence-electron chi connectivity index (χ1n) is 11.1. The van der Waals surface area contributed by atoms with Gasteiger partial charge in [0.2, 0.25) is 10.0 Å². The summed E-state index contributed by atoms with van der Waals surface area (Å²) in [6.07, 6.45) is 4.31. The number of fused-ring (bicyclic) bond motifs is 1. The van der Waals surface area contributed by atoms with Crippen molar-refractivity contribution in [3.8, 4) is 0 Å². The third-order valence-corrected chi connectivity index (χ3v) is 9.30. The van der Waals surface area contributed by atoms with Gasteiger partial charge in [-0.1, -0.05) is 6.92 Å². The number of rotatable bonds is 7. The van der Waals surface area contributed by atoms with E-state index < -0.39 is 21.8 Å². The van der Waals surface area contributed by atoms with E-state index in [0.29, 0.717) is 35.2 Å². The number of nitrogens with zero attached hydrogens (tertiary/aromatic N) is 1. The van der Waals surface area contributed by atoms with Crippen LogP contribution in [0.2, 0.25) is 0 Å². The molecule has 0 radical (unpaired) electrons. The molecule has 1 aliphatic heterocycles. The fraction of sp³-hybridized carbons (Fsp3) is 0.478. The molecule has 2 atom stereocenters. The van der Waals surface area contributed by atoms with Crippen LogP contribution in [0.1, 0.15) is 57.3 Å². The Morgan fingerprint density at radius 1 is 1.24 bits per heavy atom. The first-order chi connectivity index (χ1) is 15.7. The van der Waals surface area contributed by atoms with Crippen molar-refractivity contribution in [2.75, 3.05) is 25.5 Å². The van der Waals surface area contributed by atoms with Crippen molar-refractivity contribution >= 4 is 38.2 Å². The number of nitrogens with one attached hydrogen (secondary N) is 1. The average molecular weight is 492 g/mol. The number of sulfonamides is 1. The largest absolute Gasteiger partial charge is 0.377 e. The van der Waals surface area contributed by atoms with Crippen LogP contribution in [0.3, 0.4) is 0 Å². The van der Waals surface area contributed by atoms with Crippen LogP contribution in [-0.4, -0.2) is 50.8 Å². The van der Waals surface area contributed by atoms with Crippen LogP contribution < -0.4 is 11.1 Å². The number of primary amides is 1. The Kier molecular flexibility index (Phi) is 6.90. The summed E-state index contributed by atoms with van der Waals surface area (Å²) >= 11 is 1.40. The molecule has 0 bridgehead atoms. The van der Waals surface area contributed by atoms with E-state index >= 15 is 0 Å². The fourth-order valence-electron chi connectivity index (χ4n) is 4.41. The van der Waals surface area contributed by atoms with Gasteiger partial charge >= 0.3 is 0 Å². The van der Waals surface area contributed by atoms with Gasteiger partial charge in [0.15, 0.2) is 0 Å². The van der Waals surface area contributed by atoms with Crippen molar-refractivity contribution in [2.24, 2.45) is 11.7 Å². The maximum absolute atomic E-state index is 12.9. The van der Waals surface area contributed by atoms with Crippen LogP contribution in [0, 0.1) is 5.92 Å². The molecule has 3 N–H and O–H groups in total. The summed E-state index contributed by atoms with van der Waals surface area (Å²) in [5.74, 6) is -0.442. The number of amides is 2. The molecule has 2 amide bonds. The molecule has 0 saturated carbocycles. The molecular formula is C23H29N3O5S2. The Hall–Kier alpha value is -2.27. The monoisotopic (exact) mass is 491 g/mol. The standard InChI is InChI=1S/C23H29N3O5S2/c1-14-5-10-18-19(12-14)32-23(20(18)21(24)27)25-22(28)15-6-8-17(9-7-15)33(29,30)26(2)13-16-4-3-11-31-16/h6-9,14,16H,3-5,10-13H2,1-2H3,(H2,24,27)(H,25,28). The number of hydrogen-bond donors (Lipinski definition) is 2. The fourth-order valence-corrected chi connectivity index (χ4v) is 7.02. The molecule has 1 aromatic heterocycles. The number of carbonyl (C=O) groups is 2. The molecule has 2 aromatic rings. The lowest BCUT2D eigenvalue weighted by atomic mass is 9.88. The summed E-state index contributed by atoms with van der Waals surface area (Å²) < 4.78 is 32.6. The maximum Gasteiger partial charge on any atom is 0.256 e. The molecule has 33 heavy (non-hydrogen) atoms. The van der Waals surface area contributed by atoms with Gasteiger partial charge in [-0.25, -0.2) is 8.42 Å². The van der Waals surface area contributed by atoms with Gasteiger partial charge in [0.25, 0.3) is 11.8 Å². The number of thiophene rings is 1. The first kappa shape index (κ1) is 23.9. The highest BCUT2D eigenvalue weighted by Gasteiger charge is 2.28. The van der Waals surface area contributed by atoms with E-state index in [1.165, 1.54) is 47.0 Å². The highest BCUT2D eigenvalue weighted by atomic mass is 32.2. The Morgan fingerprint density at radius 3 is 2.61 bits per heavy atom. The van der Waals surface area contributed by atoms with Gasteiger partial charge in [0.1, 0.15) is 5.00 Å². The van der Waals surface area contributed by atoms with Crippen molar-refractivity contribution in [3.63, 3.8) is 0 Å². The van der Waals surface area contributed by atoms with Crippen LogP contribution >= 0.6 is 11.3 Å². The molecule has 178 valence electrons. The van der Waals surface area contributed by atoms with Gasteiger partial charge in [0, 0.05) is 30.6 Å². The van der Waals surface area contributed by atoms with Crippen LogP contribution in [0.4, 0.5) is 5.00 Å². The van der Waals surface area contributed by atoms with E-state index in [0.717, 1.165) is 42.5 Å². The van der Waals surface area contributed by atoms with Crippen LogP contribution in [0.25, 0.3) is 0 Å². The highest BCUT2D eigenvalue weighted by molar-refractivity contribution is 7.89. The first-order valence-corrected chi connectivity index (χ1v) is 13.4. The number of hydrogen-bond acceptors (Lipinski definition) is 6. The van der Waals surface area contributed by atoms with Crippen molar-refractivity contribution in [1.82, 2.24) is 4.31 Å². The van der Waals surface area contributed by atoms with Crippen LogP contribution in [-0.2, 0) is 27.6 Å². The molecular weight excluding hydrogens is 462 g/mol. The van der Waals surface area contributed by atoms with Crippen LogP contribution in [0.15, 0.2) is 29.2 Å². The Bertz CT molecular complexity index is 1150. The van der Waals surface area contributed by atoms with E-state index in [9.17, 15) is 18.0 Å². The summed E-state index contributed by atoms with van der Waals surface area (Å²) in [6, 6.07) is 5.79. The lowest BCUT2D eigenvalue weighted by Crippen LogP contribution is -2.34. The van der Waals surface area contributed by atoms with Crippen molar-refractivity contribution in [3.05, 3.63) is 45.8 Å². The average Bonchev–Trinajstić information content (AvgIpc) is 3.40. The predicted octanol–water partition coefficient (Wildman–Crippen LogP) is 3.02. The number of anilines is 1. The van der Waals surface area contributed by atoms with Crippen molar-refractivity contribution in [1.29, 1.82) is 0 Å². The smallest absolute Gasteiger partial charge is 0.256 e. The minimum Gasteiger partial charge on any atom is -0.377 e. The zero-order chi connectivity index (χ0) is 23.8. The number of likely N-dealkylation sites (N-methyl/N-ethyl adjacent to an activating group) is 1. The summed E-state index contributed by atoms with van der Waals surface area (Å²) in [5.41, 5.74) is 7.25. The van der Waals surface area contributed by atoms with Crippen molar-refractivity contribution < 1.29 is 22.7 Å². The Labute approximate surface area is 198 Å². The number of carbonyl (C=O) groups excluding carboxylic acids is 2. The van der Waals surface area contributed by atoms with Crippen LogP contribution in [0.5, 0.6) is 0 Å². The van der Waals surface area contributed by atoms with Gasteiger partial charge in [-0.3, -0.25) is 9.59 Å². The summed E-state index contributed by atoms with van der Waals surface area (Å²) in [7, 11) is -2.16. The number of nitrogens with two attached hydrogens (primary N) is 1. The topological polar surface area (TPSA) is 119 Å². The molecule has 1 saturated heterocycles. The molecule has 0 spiro atoms. The van der Waals surface area contributed by atoms with E-state index in [2.05, 4.69) is 12.2 Å². The van der Waals surface area contributed by atoms with Crippen molar-refractivity contribution in [2.45, 2.75) is 50.0 Å². The minimum atomic E-state index is -3.69. The number of benzene rings is 1. The summed E-state index contributed by atoms with van der Waals surface area (Å²) in [6.45, 7) is 3.12. The molecule has 2 heterocycles. The quantitative estimate of drug-likeness (QED) is 0.617. The second-order valence-electron chi connectivity index (χ2n) is 8.82. The predicted molar refractivity (Wildman–Crippen MR) is 127 cm³/mol. The molecule has 4 rings (SSSR count). The van der Waals surface area contributed by atoms with Gasteiger partial charge in [-0.2, -0.15) is 4.31 Å². The Morgan fingerprint density at radius 2 is 1.97 bits per heavy atom. The Balaban J connectivity index is 1.49. The summed E-state index contributed by atoms with van der Waals surface area (Å²) in [5, 5.41) is 3.27. The minimum absolute atomic E-state index is 0.0890. The third-order valence-electron chi connectivity index (χ3n) is 6.29. The normalized spacial score (nSPS) is 20.6. The van der Waals surface area contributed by atoms with E-state index in [4.69, 9.17) is 10.5 Å². The summed E-state index contributed by atoms with van der Waals surface area (Å²) in [4.78, 5) is 26.2. The second kappa shape index (κ2) is 9.54. The third kappa shape index (κ3) is 4.98. The molecule has 1 aromatic carbocycles. The lowest BCUT2D eigenvalue weighted by molar-refractivity contribution is 0.0978. The lowest BCUT2D eigenvalue weighted by Gasteiger charge is -2.20. The highest BCUT2D eigenvalue weighted by Crippen LogP contribution is 2.39. The SMILES string of the molecule is CC1CCc2c(sc(NC(=O)c3ccc(S(=O)(=O)N(C)CC4CCCO4)cc3)c2C(N)=O)C1. The molecule has 2 aliphatic rings. The van der Waals surface area contributed by atoms with Gasteiger partial charge in [-0.15, -0.1) is 11.3 Å². The van der Waals surface area contributed by atoms with E-state index in [1.54, 1.807) is 0 Å². The molecule has 8 nitrogen and oxygen atoms in total. The zero-order valence-corrected chi connectivity index (χ0v) is 20.4. The molecule has 1 fully saturated rings. The second-order valence-corrected chi connectivity index (χ2v) is 12.0. The zero-order valence-electron chi connectivity index (χ0n) is 18.8. The molecule has 10 heteroatoms. The van der Waals surface area contributed by atoms with Gasteiger partial charge < -0.3 is 15.8 Å². The van der Waals surface area contributed by atoms with E-state index in [1.807, 2.05) is 0 Å². The molecule has 2 unspecified atom stereocenters. The maximum atomic E-state index is 12.9. The van der Waals surface area contributed by atoms with E-state index in [-0.39, 0.29) is 11.0 Å².